The Morgan fingerprint density at radius 2 is 2.05 bits per heavy atom. The molecule has 1 saturated heterocycles. The van der Waals surface area contributed by atoms with Crippen molar-refractivity contribution in [3.63, 3.8) is 0 Å². The van der Waals surface area contributed by atoms with E-state index in [1.165, 1.54) is 4.90 Å². The lowest BCUT2D eigenvalue weighted by Crippen LogP contribution is -3.12. The van der Waals surface area contributed by atoms with Crippen molar-refractivity contribution in [3.8, 4) is 0 Å². The Labute approximate surface area is 114 Å². The Bertz CT molecular complexity index is 475. The van der Waals surface area contributed by atoms with Crippen molar-refractivity contribution < 1.29 is 4.90 Å². The van der Waals surface area contributed by atoms with Crippen molar-refractivity contribution in [1.29, 1.82) is 0 Å². The fourth-order valence-corrected chi connectivity index (χ4v) is 2.49. The monoisotopic (exact) mass is 265 g/mol. The van der Waals surface area contributed by atoms with Gasteiger partial charge in [-0.3, -0.25) is 9.78 Å². The van der Waals surface area contributed by atoms with Gasteiger partial charge >= 0.3 is 0 Å². The Kier molecular flexibility index (Phi) is 4.58. The molecule has 1 aromatic heterocycles. The van der Waals surface area contributed by atoms with E-state index in [1.54, 1.807) is 0 Å². The molecule has 1 aliphatic heterocycles. The number of aromatic amines is 1. The Hall–Kier alpha value is -1.36. The topological polar surface area (TPSA) is 53.4 Å². The summed E-state index contributed by atoms with van der Waals surface area (Å²) < 4.78 is 0. The first-order valence-electron chi connectivity index (χ1n) is 7.28. The first kappa shape index (κ1) is 14.1. The number of H-pyrrole nitrogens is 1. The van der Waals surface area contributed by atoms with Gasteiger partial charge in [0, 0.05) is 11.3 Å². The number of aryl methyl sites for hydroxylation is 1. The van der Waals surface area contributed by atoms with Gasteiger partial charge in [0.1, 0.15) is 0 Å². The van der Waals surface area contributed by atoms with E-state index < -0.39 is 0 Å². The number of rotatable bonds is 4. The van der Waals surface area contributed by atoms with E-state index in [4.69, 9.17) is 0 Å². The average Bonchev–Trinajstić information content (AvgIpc) is 2.38. The molecule has 0 bridgehead atoms. The summed E-state index contributed by atoms with van der Waals surface area (Å²) in [5.41, 5.74) is 1.78. The number of hydrogen-bond acceptors (Lipinski definition) is 3. The Morgan fingerprint density at radius 3 is 2.63 bits per heavy atom. The summed E-state index contributed by atoms with van der Waals surface area (Å²) in [7, 11) is 2.20. The van der Waals surface area contributed by atoms with E-state index >= 15 is 0 Å². The second kappa shape index (κ2) is 6.19. The van der Waals surface area contributed by atoms with E-state index in [-0.39, 0.29) is 5.56 Å². The number of likely N-dealkylation sites (N-methyl/N-ethyl adjacent to an activating group) is 1. The van der Waals surface area contributed by atoms with Gasteiger partial charge in [-0.15, -0.1) is 0 Å². The van der Waals surface area contributed by atoms with Gasteiger partial charge in [0.15, 0.2) is 0 Å². The molecule has 1 fully saturated rings. The third-order valence-corrected chi connectivity index (χ3v) is 3.91. The molecule has 0 aliphatic carbocycles. The standard InChI is InChI=1S/C14H24N4O/c1-4-5-6-12-11(2)15-14(16-13(12)19)18-9-7-17(3)8-10-18/h4-10H2,1-3H3,(H,15,16,19)/p+1. The summed E-state index contributed by atoms with van der Waals surface area (Å²) in [6, 6.07) is 0. The number of anilines is 1. The average molecular weight is 265 g/mol. The van der Waals surface area contributed by atoms with Crippen LogP contribution in [0.3, 0.4) is 0 Å². The second-order valence-electron chi connectivity index (χ2n) is 5.50. The summed E-state index contributed by atoms with van der Waals surface area (Å²) in [5.74, 6) is 0.746. The van der Waals surface area contributed by atoms with E-state index in [9.17, 15) is 4.79 Å². The predicted octanol–water partition coefficient (Wildman–Crippen LogP) is -0.244. The van der Waals surface area contributed by atoms with Crippen LogP contribution in [-0.2, 0) is 6.42 Å². The van der Waals surface area contributed by atoms with E-state index in [0.717, 1.165) is 62.6 Å². The number of hydrogen-bond donors (Lipinski definition) is 2. The highest BCUT2D eigenvalue weighted by atomic mass is 16.1. The quantitative estimate of drug-likeness (QED) is 0.790. The molecule has 0 radical (unpaired) electrons. The van der Waals surface area contributed by atoms with Crippen molar-refractivity contribution in [1.82, 2.24) is 9.97 Å². The lowest BCUT2D eigenvalue weighted by atomic mass is 10.1. The smallest absolute Gasteiger partial charge is 0.255 e. The largest absolute Gasteiger partial charge is 0.334 e. The minimum Gasteiger partial charge on any atom is -0.334 e. The molecule has 1 aliphatic rings. The van der Waals surface area contributed by atoms with Gasteiger partial charge in [-0.1, -0.05) is 13.3 Å². The molecule has 0 aromatic carbocycles. The van der Waals surface area contributed by atoms with Gasteiger partial charge < -0.3 is 9.80 Å². The van der Waals surface area contributed by atoms with Gasteiger partial charge in [0.2, 0.25) is 5.95 Å². The Balaban J connectivity index is 2.17. The van der Waals surface area contributed by atoms with Crippen LogP contribution in [0.25, 0.3) is 0 Å². The van der Waals surface area contributed by atoms with Crippen LogP contribution in [0.5, 0.6) is 0 Å². The van der Waals surface area contributed by atoms with Crippen molar-refractivity contribution >= 4 is 5.95 Å². The van der Waals surface area contributed by atoms with Crippen LogP contribution in [0.15, 0.2) is 4.79 Å². The maximum Gasteiger partial charge on any atom is 0.255 e. The molecule has 2 rings (SSSR count). The number of quaternary nitrogens is 1. The van der Waals surface area contributed by atoms with Crippen molar-refractivity contribution in [3.05, 3.63) is 21.6 Å². The Morgan fingerprint density at radius 1 is 1.37 bits per heavy atom. The van der Waals surface area contributed by atoms with Gasteiger partial charge in [-0.2, -0.15) is 0 Å². The maximum absolute atomic E-state index is 12.1. The normalized spacial score (nSPS) is 16.9. The lowest BCUT2D eigenvalue weighted by Gasteiger charge is -2.30. The molecular weight excluding hydrogens is 240 g/mol. The number of piperazine rings is 1. The second-order valence-corrected chi connectivity index (χ2v) is 5.50. The first-order valence-corrected chi connectivity index (χ1v) is 7.28. The predicted molar refractivity (Wildman–Crippen MR) is 77.0 cm³/mol. The molecule has 106 valence electrons. The number of nitrogens with zero attached hydrogens (tertiary/aromatic N) is 2. The summed E-state index contributed by atoms with van der Waals surface area (Å²) in [6.45, 7) is 8.20. The summed E-state index contributed by atoms with van der Waals surface area (Å²) in [4.78, 5) is 23.4. The molecule has 0 amide bonds. The third-order valence-electron chi connectivity index (χ3n) is 3.91. The summed E-state index contributed by atoms with van der Waals surface area (Å²) in [6.07, 6.45) is 2.97. The van der Waals surface area contributed by atoms with E-state index in [1.807, 2.05) is 6.92 Å². The summed E-state index contributed by atoms with van der Waals surface area (Å²) in [5, 5.41) is 0. The van der Waals surface area contributed by atoms with E-state index in [0.29, 0.717) is 0 Å². The van der Waals surface area contributed by atoms with Crippen LogP contribution in [0, 0.1) is 6.92 Å². The molecule has 1 aromatic rings. The molecule has 0 saturated carbocycles. The molecule has 5 heteroatoms. The molecule has 19 heavy (non-hydrogen) atoms. The first-order chi connectivity index (χ1) is 9.11. The zero-order chi connectivity index (χ0) is 13.8. The van der Waals surface area contributed by atoms with Gasteiger partial charge in [-0.05, 0) is 19.8 Å². The molecule has 0 spiro atoms. The van der Waals surface area contributed by atoms with Crippen LogP contribution in [0.4, 0.5) is 5.95 Å². The van der Waals surface area contributed by atoms with Crippen molar-refractivity contribution in [2.24, 2.45) is 0 Å². The fourth-order valence-electron chi connectivity index (χ4n) is 2.49. The van der Waals surface area contributed by atoms with Gasteiger partial charge in [0.25, 0.3) is 5.56 Å². The minimum atomic E-state index is 0.0437. The minimum absolute atomic E-state index is 0.0437. The zero-order valence-corrected chi connectivity index (χ0v) is 12.3. The van der Waals surface area contributed by atoms with Gasteiger partial charge in [0.05, 0.1) is 33.2 Å². The number of unbranched alkanes of at least 4 members (excludes halogenated alkanes) is 1. The van der Waals surface area contributed by atoms with Gasteiger partial charge in [-0.25, -0.2) is 4.98 Å². The van der Waals surface area contributed by atoms with Crippen LogP contribution in [-0.4, -0.2) is 43.2 Å². The van der Waals surface area contributed by atoms with E-state index in [2.05, 4.69) is 28.8 Å². The zero-order valence-electron chi connectivity index (χ0n) is 12.3. The van der Waals surface area contributed by atoms with Crippen LogP contribution < -0.4 is 15.4 Å². The lowest BCUT2D eigenvalue weighted by molar-refractivity contribution is -0.880. The SMILES string of the molecule is CCCCc1c(C)nc(N2CC[NH+](C)CC2)[nH]c1=O. The van der Waals surface area contributed by atoms with Crippen molar-refractivity contribution in [2.75, 3.05) is 38.1 Å². The third kappa shape index (κ3) is 3.35. The van der Waals surface area contributed by atoms with Crippen LogP contribution >= 0.6 is 0 Å². The molecule has 2 heterocycles. The van der Waals surface area contributed by atoms with Crippen molar-refractivity contribution in [2.45, 2.75) is 33.1 Å². The number of nitrogens with one attached hydrogen (secondary N) is 2. The maximum atomic E-state index is 12.1. The number of aromatic nitrogens is 2. The highest BCUT2D eigenvalue weighted by Crippen LogP contribution is 2.10. The molecule has 5 nitrogen and oxygen atoms in total. The molecule has 2 N–H and O–H groups in total. The molecular formula is C14H25N4O+. The fraction of sp³-hybridized carbons (Fsp3) is 0.714. The van der Waals surface area contributed by atoms with Crippen LogP contribution in [0.1, 0.15) is 31.0 Å². The molecule has 0 atom stereocenters. The van der Waals surface area contributed by atoms with Crippen LogP contribution in [0.2, 0.25) is 0 Å². The highest BCUT2D eigenvalue weighted by molar-refractivity contribution is 5.33. The highest BCUT2D eigenvalue weighted by Gasteiger charge is 2.19. The summed E-state index contributed by atoms with van der Waals surface area (Å²) >= 11 is 0. The molecule has 0 unspecified atom stereocenters.